The van der Waals surface area contributed by atoms with Crippen molar-refractivity contribution >= 4 is 52.5 Å². The van der Waals surface area contributed by atoms with Crippen LogP contribution in [-0.2, 0) is 4.79 Å². The highest BCUT2D eigenvalue weighted by molar-refractivity contribution is 8.00. The second-order valence-corrected chi connectivity index (χ2v) is 8.63. The van der Waals surface area contributed by atoms with E-state index in [2.05, 4.69) is 10.6 Å². The summed E-state index contributed by atoms with van der Waals surface area (Å²) in [6.45, 7) is 1.72. The molecule has 2 amide bonds. The van der Waals surface area contributed by atoms with Gasteiger partial charge in [-0.3, -0.25) is 9.59 Å². The molecular weight excluding hydrogens is 452 g/mol. The number of carboxylic acids is 1. The van der Waals surface area contributed by atoms with Crippen LogP contribution in [0.2, 0.25) is 5.02 Å². The van der Waals surface area contributed by atoms with Crippen LogP contribution < -0.4 is 10.6 Å². The lowest BCUT2D eigenvalue weighted by Crippen LogP contribution is -2.22. The van der Waals surface area contributed by atoms with Gasteiger partial charge in [0.25, 0.3) is 5.91 Å². The number of thioether (sulfide) groups is 1. The molecule has 3 aromatic rings. The molecule has 0 heterocycles. The van der Waals surface area contributed by atoms with Crippen molar-refractivity contribution in [1.29, 1.82) is 0 Å². The number of phenols is 1. The van der Waals surface area contributed by atoms with Gasteiger partial charge in [0.2, 0.25) is 5.91 Å². The maximum atomic E-state index is 12.5. The first-order valence-corrected chi connectivity index (χ1v) is 10.7. The lowest BCUT2D eigenvalue weighted by atomic mass is 10.2. The summed E-state index contributed by atoms with van der Waals surface area (Å²) in [6.07, 6.45) is 0. The first-order valence-electron chi connectivity index (χ1n) is 9.44. The maximum absolute atomic E-state index is 12.5. The van der Waals surface area contributed by atoms with Gasteiger partial charge in [-0.2, -0.15) is 0 Å². The van der Waals surface area contributed by atoms with E-state index < -0.39 is 11.2 Å². The first kappa shape index (κ1) is 23.2. The SMILES string of the molecule is CC(Sc1ccc(NC(=O)c2cccc(Cl)c2)cc1)C(=O)Nc1ccc(O)c(C(=O)O)c1. The molecule has 0 saturated heterocycles. The largest absolute Gasteiger partial charge is 0.507 e. The van der Waals surface area contributed by atoms with Gasteiger partial charge in [0.1, 0.15) is 11.3 Å². The molecule has 0 aliphatic carbocycles. The zero-order valence-electron chi connectivity index (χ0n) is 16.8. The van der Waals surface area contributed by atoms with Crippen LogP contribution in [0.25, 0.3) is 0 Å². The topological polar surface area (TPSA) is 116 Å². The number of anilines is 2. The van der Waals surface area contributed by atoms with E-state index >= 15 is 0 Å². The zero-order valence-corrected chi connectivity index (χ0v) is 18.4. The second kappa shape index (κ2) is 10.2. The van der Waals surface area contributed by atoms with E-state index in [-0.39, 0.29) is 28.8 Å². The average Bonchev–Trinajstić information content (AvgIpc) is 2.76. The number of carbonyl (C=O) groups excluding carboxylic acids is 2. The van der Waals surface area contributed by atoms with Gasteiger partial charge in [0.05, 0.1) is 5.25 Å². The highest BCUT2D eigenvalue weighted by atomic mass is 35.5. The van der Waals surface area contributed by atoms with Crippen LogP contribution in [-0.4, -0.2) is 33.2 Å². The number of hydrogen-bond acceptors (Lipinski definition) is 5. The van der Waals surface area contributed by atoms with Gasteiger partial charge in [-0.15, -0.1) is 11.8 Å². The van der Waals surface area contributed by atoms with Crippen molar-refractivity contribution < 1.29 is 24.6 Å². The minimum Gasteiger partial charge on any atom is -0.507 e. The number of aromatic carboxylic acids is 1. The van der Waals surface area contributed by atoms with Gasteiger partial charge < -0.3 is 20.8 Å². The third kappa shape index (κ3) is 6.03. The number of hydrogen-bond donors (Lipinski definition) is 4. The standard InChI is InChI=1S/C23H19ClN2O5S/c1-13(21(28)26-17-7-10-20(27)19(12-17)23(30)31)32-18-8-5-16(6-9-18)25-22(29)14-3-2-4-15(24)11-14/h2-13,27H,1H3,(H,25,29)(H,26,28)(H,30,31). The molecule has 0 spiro atoms. The average molecular weight is 471 g/mol. The molecule has 7 nitrogen and oxygen atoms in total. The Morgan fingerprint density at radius 3 is 2.28 bits per heavy atom. The van der Waals surface area contributed by atoms with Crippen molar-refractivity contribution in [3.05, 3.63) is 82.9 Å². The number of amides is 2. The Labute approximate surface area is 193 Å². The quantitative estimate of drug-likeness (QED) is 0.281. The van der Waals surface area contributed by atoms with Crippen LogP contribution in [0.5, 0.6) is 5.75 Å². The van der Waals surface area contributed by atoms with E-state index in [9.17, 15) is 19.5 Å². The molecule has 164 valence electrons. The predicted octanol–water partition coefficient (Wildman–Crippen LogP) is 5.12. The molecule has 0 bridgehead atoms. The maximum Gasteiger partial charge on any atom is 0.339 e. The molecule has 0 aliphatic heterocycles. The fourth-order valence-corrected chi connectivity index (χ4v) is 3.79. The van der Waals surface area contributed by atoms with Crippen molar-refractivity contribution in [3.63, 3.8) is 0 Å². The second-order valence-electron chi connectivity index (χ2n) is 6.78. The van der Waals surface area contributed by atoms with Crippen LogP contribution >= 0.6 is 23.4 Å². The number of benzene rings is 3. The molecule has 0 fully saturated rings. The Hall–Kier alpha value is -3.49. The Morgan fingerprint density at radius 2 is 1.62 bits per heavy atom. The molecule has 0 radical (unpaired) electrons. The monoisotopic (exact) mass is 470 g/mol. The van der Waals surface area contributed by atoms with Crippen molar-refractivity contribution in [3.8, 4) is 5.75 Å². The first-order chi connectivity index (χ1) is 15.2. The molecule has 3 aromatic carbocycles. The van der Waals surface area contributed by atoms with Gasteiger partial charge in [-0.05, 0) is 67.6 Å². The smallest absolute Gasteiger partial charge is 0.339 e. The summed E-state index contributed by atoms with van der Waals surface area (Å²) in [7, 11) is 0. The van der Waals surface area contributed by atoms with Gasteiger partial charge >= 0.3 is 5.97 Å². The zero-order chi connectivity index (χ0) is 23.3. The third-order valence-corrected chi connectivity index (χ3v) is 5.72. The number of carboxylic acid groups (broad SMARTS) is 1. The van der Waals surface area contributed by atoms with Crippen LogP contribution in [0.4, 0.5) is 11.4 Å². The predicted molar refractivity (Wildman–Crippen MR) is 125 cm³/mol. The Morgan fingerprint density at radius 1 is 0.938 bits per heavy atom. The molecule has 1 unspecified atom stereocenters. The summed E-state index contributed by atoms with van der Waals surface area (Å²) >= 11 is 7.22. The van der Waals surface area contributed by atoms with Gasteiger partial charge in [0.15, 0.2) is 0 Å². The lowest BCUT2D eigenvalue weighted by Gasteiger charge is -2.13. The molecule has 0 saturated carbocycles. The summed E-state index contributed by atoms with van der Waals surface area (Å²) in [5, 5.41) is 24.1. The van der Waals surface area contributed by atoms with Crippen LogP contribution in [0.1, 0.15) is 27.6 Å². The van der Waals surface area contributed by atoms with Crippen LogP contribution in [0, 0.1) is 0 Å². The van der Waals surface area contributed by atoms with Crippen LogP contribution in [0.3, 0.4) is 0 Å². The van der Waals surface area contributed by atoms with Gasteiger partial charge in [-0.25, -0.2) is 4.79 Å². The highest BCUT2D eigenvalue weighted by Gasteiger charge is 2.17. The normalized spacial score (nSPS) is 11.4. The number of rotatable bonds is 7. The van der Waals surface area contributed by atoms with E-state index in [1.807, 2.05) is 0 Å². The summed E-state index contributed by atoms with van der Waals surface area (Å²) in [5.41, 5.74) is 1.03. The molecule has 3 rings (SSSR count). The molecular formula is C23H19ClN2O5S. The van der Waals surface area contributed by atoms with Gasteiger partial charge in [0, 0.05) is 26.9 Å². The third-order valence-electron chi connectivity index (χ3n) is 4.38. The highest BCUT2D eigenvalue weighted by Crippen LogP contribution is 2.27. The van der Waals surface area contributed by atoms with E-state index in [4.69, 9.17) is 16.7 Å². The van der Waals surface area contributed by atoms with Crippen molar-refractivity contribution in [2.75, 3.05) is 10.6 Å². The van der Waals surface area contributed by atoms with Crippen molar-refractivity contribution in [2.45, 2.75) is 17.1 Å². The molecule has 0 aromatic heterocycles. The van der Waals surface area contributed by atoms with Crippen LogP contribution in [0.15, 0.2) is 71.6 Å². The van der Waals surface area contributed by atoms with Crippen molar-refractivity contribution in [2.24, 2.45) is 0 Å². The molecule has 4 N–H and O–H groups in total. The number of carbonyl (C=O) groups is 3. The molecule has 1 atom stereocenters. The molecule has 9 heteroatoms. The van der Waals surface area contributed by atoms with Gasteiger partial charge in [-0.1, -0.05) is 17.7 Å². The fourth-order valence-electron chi connectivity index (χ4n) is 2.74. The Kier molecular flexibility index (Phi) is 7.40. The Bertz CT molecular complexity index is 1170. The summed E-state index contributed by atoms with van der Waals surface area (Å²) in [6, 6.07) is 17.5. The minimum atomic E-state index is -1.29. The molecule has 0 aliphatic rings. The van der Waals surface area contributed by atoms with E-state index in [1.54, 1.807) is 55.5 Å². The minimum absolute atomic E-state index is 0.275. The molecule has 32 heavy (non-hydrogen) atoms. The summed E-state index contributed by atoms with van der Waals surface area (Å²) in [4.78, 5) is 36.7. The Balaban J connectivity index is 1.59. The van der Waals surface area contributed by atoms with E-state index in [1.165, 1.54) is 30.0 Å². The number of aromatic hydroxyl groups is 1. The van der Waals surface area contributed by atoms with Crippen molar-refractivity contribution in [1.82, 2.24) is 0 Å². The summed E-state index contributed by atoms with van der Waals surface area (Å²) < 4.78 is 0. The van der Waals surface area contributed by atoms with E-state index in [0.717, 1.165) is 4.90 Å². The van der Waals surface area contributed by atoms with E-state index in [0.29, 0.717) is 16.3 Å². The number of nitrogens with one attached hydrogen (secondary N) is 2. The lowest BCUT2D eigenvalue weighted by molar-refractivity contribution is -0.115. The number of halogens is 1. The summed E-state index contributed by atoms with van der Waals surface area (Å²) in [5.74, 6) is -2.27. The fraction of sp³-hybridized carbons (Fsp3) is 0.0870.